The van der Waals surface area contributed by atoms with E-state index in [2.05, 4.69) is 18.1 Å². The average Bonchev–Trinajstić information content (AvgIpc) is 2.97. The van der Waals surface area contributed by atoms with E-state index in [9.17, 15) is 4.79 Å². The van der Waals surface area contributed by atoms with E-state index in [1.807, 2.05) is 41.6 Å². The molecule has 104 valence electrons. The number of nitrogens with zero attached hydrogens (tertiary/aromatic N) is 3. The summed E-state index contributed by atoms with van der Waals surface area (Å²) in [5.41, 5.74) is 3.92. The maximum absolute atomic E-state index is 12.8. The summed E-state index contributed by atoms with van der Waals surface area (Å²) in [7, 11) is 0. The van der Waals surface area contributed by atoms with Crippen LogP contribution in [0.4, 0.5) is 5.69 Å². The third-order valence-electron chi connectivity index (χ3n) is 4.06. The van der Waals surface area contributed by atoms with E-state index in [-0.39, 0.29) is 11.9 Å². The fraction of sp³-hybridized carbons (Fsp3) is 0.375. The van der Waals surface area contributed by atoms with E-state index in [0.717, 1.165) is 24.3 Å². The number of carbonyl (C=O) groups excluding carboxylic acids is 1. The summed E-state index contributed by atoms with van der Waals surface area (Å²) in [6.45, 7) is 6.86. The number of hydrogen-bond acceptors (Lipinski definition) is 2. The van der Waals surface area contributed by atoms with Gasteiger partial charge in [0.25, 0.3) is 5.91 Å². The molecule has 1 aliphatic heterocycles. The number of carbonyl (C=O) groups is 1. The lowest BCUT2D eigenvalue weighted by Gasteiger charge is -2.22. The van der Waals surface area contributed by atoms with Crippen molar-refractivity contribution in [1.29, 1.82) is 0 Å². The molecule has 0 N–H and O–H groups in total. The fourth-order valence-corrected chi connectivity index (χ4v) is 2.98. The van der Waals surface area contributed by atoms with E-state index in [4.69, 9.17) is 0 Å². The molecule has 2 heterocycles. The highest BCUT2D eigenvalue weighted by molar-refractivity contribution is 6.08. The molecule has 0 fully saturated rings. The van der Waals surface area contributed by atoms with Crippen LogP contribution in [0, 0.1) is 6.92 Å². The zero-order valence-corrected chi connectivity index (χ0v) is 12.1. The van der Waals surface area contributed by atoms with Crippen molar-refractivity contribution in [2.75, 3.05) is 4.90 Å². The van der Waals surface area contributed by atoms with Crippen LogP contribution in [0.1, 0.15) is 35.5 Å². The van der Waals surface area contributed by atoms with Crippen molar-refractivity contribution in [2.24, 2.45) is 0 Å². The summed E-state index contributed by atoms with van der Waals surface area (Å²) in [6, 6.07) is 8.33. The van der Waals surface area contributed by atoms with Crippen LogP contribution in [0.15, 0.2) is 30.5 Å². The number of amides is 1. The van der Waals surface area contributed by atoms with Gasteiger partial charge in [-0.3, -0.25) is 9.48 Å². The summed E-state index contributed by atoms with van der Waals surface area (Å²) in [4.78, 5) is 14.7. The number of benzene rings is 1. The lowest BCUT2D eigenvalue weighted by molar-refractivity contribution is 0.0981. The molecule has 1 unspecified atom stereocenters. The molecule has 4 heteroatoms. The highest BCUT2D eigenvalue weighted by Crippen LogP contribution is 2.33. The Morgan fingerprint density at radius 2 is 2.15 bits per heavy atom. The lowest BCUT2D eigenvalue weighted by atomic mass is 10.1. The number of fused-ring (bicyclic) bond motifs is 1. The average molecular weight is 269 g/mol. The summed E-state index contributed by atoms with van der Waals surface area (Å²) >= 11 is 0. The van der Waals surface area contributed by atoms with Crippen molar-refractivity contribution in [1.82, 2.24) is 9.78 Å². The van der Waals surface area contributed by atoms with Crippen LogP contribution in [0.25, 0.3) is 0 Å². The van der Waals surface area contributed by atoms with Gasteiger partial charge in [-0.2, -0.15) is 5.10 Å². The molecule has 1 aromatic heterocycles. The van der Waals surface area contributed by atoms with Gasteiger partial charge in [-0.25, -0.2) is 0 Å². The molecule has 1 amide bonds. The SMILES string of the molecule is CCn1ncc(C(=O)N2c3ccccc3CC2C)c1C. The second-order valence-corrected chi connectivity index (χ2v) is 5.32. The second-order valence-electron chi connectivity index (χ2n) is 5.32. The molecule has 3 rings (SSSR count). The molecular weight excluding hydrogens is 250 g/mol. The molecule has 0 radical (unpaired) electrons. The molecule has 0 aliphatic carbocycles. The molecule has 1 atom stereocenters. The minimum atomic E-state index is 0.0552. The Labute approximate surface area is 119 Å². The molecule has 1 aromatic carbocycles. The number of anilines is 1. The maximum atomic E-state index is 12.8. The van der Waals surface area contributed by atoms with E-state index in [1.165, 1.54) is 5.56 Å². The van der Waals surface area contributed by atoms with Crippen molar-refractivity contribution in [3.05, 3.63) is 47.3 Å². The summed E-state index contributed by atoms with van der Waals surface area (Å²) in [6.07, 6.45) is 2.61. The van der Waals surface area contributed by atoms with E-state index in [0.29, 0.717) is 5.56 Å². The van der Waals surface area contributed by atoms with Crippen LogP contribution in [0.5, 0.6) is 0 Å². The standard InChI is InChI=1S/C16H19N3O/c1-4-18-12(3)14(10-17-18)16(20)19-11(2)9-13-7-5-6-8-15(13)19/h5-8,10-11H,4,9H2,1-3H3. The van der Waals surface area contributed by atoms with E-state index >= 15 is 0 Å². The van der Waals surface area contributed by atoms with Crippen LogP contribution >= 0.6 is 0 Å². The smallest absolute Gasteiger partial charge is 0.262 e. The second kappa shape index (κ2) is 4.78. The fourth-order valence-electron chi connectivity index (χ4n) is 2.98. The van der Waals surface area contributed by atoms with Gasteiger partial charge in [0.15, 0.2) is 0 Å². The summed E-state index contributed by atoms with van der Waals surface area (Å²) < 4.78 is 1.86. The molecule has 2 aromatic rings. The van der Waals surface area contributed by atoms with Crippen molar-refractivity contribution < 1.29 is 4.79 Å². The number of aromatic nitrogens is 2. The Morgan fingerprint density at radius 1 is 1.40 bits per heavy atom. The predicted molar refractivity (Wildman–Crippen MR) is 79.1 cm³/mol. The van der Waals surface area contributed by atoms with Crippen molar-refractivity contribution in [3.63, 3.8) is 0 Å². The molecule has 0 bridgehead atoms. The number of para-hydroxylation sites is 1. The number of rotatable bonds is 2. The Morgan fingerprint density at radius 3 is 2.85 bits per heavy atom. The maximum Gasteiger partial charge on any atom is 0.262 e. The minimum absolute atomic E-state index is 0.0552. The topological polar surface area (TPSA) is 38.1 Å². The Bertz CT molecular complexity index is 659. The van der Waals surface area contributed by atoms with E-state index in [1.54, 1.807) is 6.20 Å². The van der Waals surface area contributed by atoms with Gasteiger partial charge in [0.1, 0.15) is 0 Å². The highest BCUT2D eigenvalue weighted by atomic mass is 16.2. The van der Waals surface area contributed by atoms with Crippen LogP contribution in [0.3, 0.4) is 0 Å². The third kappa shape index (κ3) is 1.83. The first-order chi connectivity index (χ1) is 9.63. The Hall–Kier alpha value is -2.10. The first kappa shape index (κ1) is 12.9. The van der Waals surface area contributed by atoms with Crippen molar-refractivity contribution >= 4 is 11.6 Å². The van der Waals surface area contributed by atoms with Crippen LogP contribution < -0.4 is 4.90 Å². The molecular formula is C16H19N3O. The predicted octanol–water partition coefficient (Wildman–Crippen LogP) is 2.80. The number of aryl methyl sites for hydroxylation is 1. The van der Waals surface area contributed by atoms with Gasteiger partial charge in [0.05, 0.1) is 11.8 Å². The van der Waals surface area contributed by atoms with Gasteiger partial charge in [-0.1, -0.05) is 18.2 Å². The van der Waals surface area contributed by atoms with Crippen molar-refractivity contribution in [2.45, 2.75) is 39.8 Å². The quantitative estimate of drug-likeness (QED) is 0.840. The van der Waals surface area contributed by atoms with Crippen LogP contribution in [-0.2, 0) is 13.0 Å². The highest BCUT2D eigenvalue weighted by Gasteiger charge is 2.32. The van der Waals surface area contributed by atoms with Crippen molar-refractivity contribution in [3.8, 4) is 0 Å². The zero-order chi connectivity index (χ0) is 14.3. The summed E-state index contributed by atoms with van der Waals surface area (Å²) in [5, 5.41) is 4.28. The third-order valence-corrected chi connectivity index (χ3v) is 4.06. The van der Waals surface area contributed by atoms with Crippen LogP contribution in [0.2, 0.25) is 0 Å². The lowest BCUT2D eigenvalue weighted by Crippen LogP contribution is -2.36. The monoisotopic (exact) mass is 269 g/mol. The van der Waals surface area contributed by atoms with Gasteiger partial charge < -0.3 is 4.90 Å². The molecule has 0 spiro atoms. The normalized spacial score (nSPS) is 17.4. The molecule has 4 nitrogen and oxygen atoms in total. The van der Waals surface area contributed by atoms with Gasteiger partial charge >= 0.3 is 0 Å². The Balaban J connectivity index is 2.00. The van der Waals surface area contributed by atoms with Crippen LogP contribution in [-0.4, -0.2) is 21.7 Å². The molecule has 0 saturated heterocycles. The van der Waals surface area contributed by atoms with Gasteiger partial charge in [0, 0.05) is 24.0 Å². The first-order valence-electron chi connectivity index (χ1n) is 7.07. The van der Waals surface area contributed by atoms with Gasteiger partial charge in [-0.05, 0) is 38.8 Å². The van der Waals surface area contributed by atoms with Gasteiger partial charge in [-0.15, -0.1) is 0 Å². The Kier molecular flexibility index (Phi) is 3.08. The summed E-state index contributed by atoms with van der Waals surface area (Å²) in [5.74, 6) is 0.0552. The first-order valence-corrected chi connectivity index (χ1v) is 7.07. The zero-order valence-electron chi connectivity index (χ0n) is 12.1. The molecule has 0 saturated carbocycles. The van der Waals surface area contributed by atoms with Gasteiger partial charge in [0.2, 0.25) is 0 Å². The van der Waals surface area contributed by atoms with E-state index < -0.39 is 0 Å². The molecule has 20 heavy (non-hydrogen) atoms. The number of hydrogen-bond donors (Lipinski definition) is 0. The minimum Gasteiger partial charge on any atom is -0.305 e. The largest absolute Gasteiger partial charge is 0.305 e. The molecule has 1 aliphatic rings.